The van der Waals surface area contributed by atoms with Gasteiger partial charge in [0.15, 0.2) is 0 Å². The topological polar surface area (TPSA) is 143 Å². The maximum atomic E-state index is 11.2. The number of hydrogen-bond donors (Lipinski definition) is 4. The lowest BCUT2D eigenvalue weighted by Crippen LogP contribution is -2.16. The van der Waals surface area contributed by atoms with Crippen molar-refractivity contribution < 1.29 is 29.2 Å². The third kappa shape index (κ3) is 5.89. The third-order valence-corrected chi connectivity index (χ3v) is 6.54. The van der Waals surface area contributed by atoms with E-state index < -0.39 is 0 Å². The standard InChI is InChI=1S/C19H26N2O5.C6H6O/c20-17-14(3-12-7-25-12)15(4-13-8-26-13)19(22)16(18(17)21)9(1-10-5-23-10)2-11-6-24-11;7-6-4-2-1-3-5-6/h9-13,22H,1-8,20-21H2;1-5,7H. The number of benzene rings is 2. The first-order valence-corrected chi connectivity index (χ1v) is 11.6. The van der Waals surface area contributed by atoms with Crippen LogP contribution in [0.3, 0.4) is 0 Å². The molecule has 0 aliphatic carbocycles. The maximum Gasteiger partial charge on any atom is 0.124 e. The number of anilines is 2. The number of hydrogen-bond acceptors (Lipinski definition) is 8. The van der Waals surface area contributed by atoms with E-state index in [1.54, 1.807) is 24.3 Å². The van der Waals surface area contributed by atoms with Crippen LogP contribution in [0.5, 0.6) is 11.5 Å². The molecule has 8 heteroatoms. The highest BCUT2D eigenvalue weighted by Crippen LogP contribution is 2.47. The molecule has 4 unspecified atom stereocenters. The van der Waals surface area contributed by atoms with Crippen LogP contribution in [-0.4, -0.2) is 61.1 Å². The van der Waals surface area contributed by atoms with Crippen molar-refractivity contribution in [3.05, 3.63) is 47.0 Å². The van der Waals surface area contributed by atoms with Gasteiger partial charge in [-0.15, -0.1) is 0 Å². The minimum Gasteiger partial charge on any atom is -0.508 e. The van der Waals surface area contributed by atoms with Gasteiger partial charge in [0.1, 0.15) is 11.5 Å². The largest absolute Gasteiger partial charge is 0.508 e. The lowest BCUT2D eigenvalue weighted by Gasteiger charge is -2.25. The molecule has 4 aliphatic rings. The number of phenolic OH excluding ortho intramolecular Hbond substituents is 2. The zero-order valence-electron chi connectivity index (χ0n) is 18.6. The summed E-state index contributed by atoms with van der Waals surface area (Å²) < 4.78 is 21.6. The van der Waals surface area contributed by atoms with E-state index in [1.807, 2.05) is 6.07 Å². The predicted octanol–water partition coefficient (Wildman–Crippen LogP) is 2.49. The van der Waals surface area contributed by atoms with E-state index in [9.17, 15) is 5.11 Å². The predicted molar refractivity (Wildman–Crippen MR) is 123 cm³/mol. The summed E-state index contributed by atoms with van der Waals surface area (Å²) in [6, 6.07) is 8.71. The van der Waals surface area contributed by atoms with Crippen LogP contribution in [-0.2, 0) is 31.8 Å². The van der Waals surface area contributed by atoms with Gasteiger partial charge >= 0.3 is 0 Å². The highest BCUT2D eigenvalue weighted by atomic mass is 16.6. The highest BCUT2D eigenvalue weighted by molar-refractivity contribution is 5.78. The van der Waals surface area contributed by atoms with Crippen molar-refractivity contribution in [2.24, 2.45) is 0 Å². The van der Waals surface area contributed by atoms with Gasteiger partial charge in [-0.05, 0) is 36.5 Å². The van der Waals surface area contributed by atoms with Crippen LogP contribution in [0.1, 0.15) is 35.4 Å². The smallest absolute Gasteiger partial charge is 0.124 e. The summed E-state index contributed by atoms with van der Waals surface area (Å²) in [5.74, 6) is 0.694. The Morgan fingerprint density at radius 1 is 0.727 bits per heavy atom. The van der Waals surface area contributed by atoms with Gasteiger partial charge in [0, 0.05) is 24.0 Å². The van der Waals surface area contributed by atoms with Gasteiger partial charge in [-0.3, -0.25) is 0 Å². The molecule has 33 heavy (non-hydrogen) atoms. The van der Waals surface area contributed by atoms with E-state index >= 15 is 0 Å². The van der Waals surface area contributed by atoms with Crippen LogP contribution in [0, 0.1) is 0 Å². The number of phenols is 2. The number of epoxide rings is 4. The van der Waals surface area contributed by atoms with Gasteiger partial charge in [0.05, 0.1) is 62.2 Å². The van der Waals surface area contributed by atoms with Crippen molar-refractivity contribution in [3.63, 3.8) is 0 Å². The molecule has 6 N–H and O–H groups in total. The van der Waals surface area contributed by atoms with Crippen molar-refractivity contribution in [1.82, 2.24) is 0 Å². The molecule has 0 amide bonds. The van der Waals surface area contributed by atoms with E-state index in [1.165, 1.54) is 0 Å². The Bertz CT molecular complexity index is 955. The minimum atomic E-state index is 0.0856. The fourth-order valence-electron chi connectivity index (χ4n) is 4.40. The molecule has 0 spiro atoms. The Labute approximate surface area is 193 Å². The number of rotatable bonds is 9. The Balaban J connectivity index is 0.000000281. The average molecular weight is 457 g/mol. The van der Waals surface area contributed by atoms with Crippen LogP contribution < -0.4 is 11.5 Å². The fourth-order valence-corrected chi connectivity index (χ4v) is 4.40. The van der Waals surface area contributed by atoms with Crippen molar-refractivity contribution in [1.29, 1.82) is 0 Å². The van der Waals surface area contributed by atoms with Crippen molar-refractivity contribution in [3.8, 4) is 11.5 Å². The lowest BCUT2D eigenvalue weighted by atomic mass is 9.83. The Kier molecular flexibility index (Phi) is 6.34. The number of nitrogens with two attached hydrogens (primary N) is 2. The normalized spacial score (nSPS) is 27.3. The molecule has 178 valence electrons. The van der Waals surface area contributed by atoms with Crippen LogP contribution in [0.4, 0.5) is 11.4 Å². The number of nitrogen functional groups attached to an aromatic ring is 2. The summed E-state index contributed by atoms with van der Waals surface area (Å²) in [6.07, 6.45) is 3.85. The third-order valence-electron chi connectivity index (χ3n) is 6.54. The number of ether oxygens (including phenoxy) is 4. The molecule has 4 atom stereocenters. The molecule has 0 saturated carbocycles. The number of para-hydroxylation sites is 1. The summed E-state index contributed by atoms with van der Waals surface area (Å²) in [5.41, 5.74) is 16.6. The molecule has 2 aromatic rings. The molecule has 4 fully saturated rings. The summed E-state index contributed by atoms with van der Waals surface area (Å²) in [6.45, 7) is 3.02. The quantitative estimate of drug-likeness (QED) is 0.256. The van der Waals surface area contributed by atoms with Crippen LogP contribution in [0.15, 0.2) is 30.3 Å². The molecule has 4 aliphatic heterocycles. The Hall–Kier alpha value is -2.52. The van der Waals surface area contributed by atoms with Gasteiger partial charge in [-0.2, -0.15) is 0 Å². The first kappa shape index (κ1) is 22.3. The number of aromatic hydroxyl groups is 2. The molecular formula is C25H32N2O6. The average Bonchev–Trinajstić information content (AvgIpc) is 3.62. The van der Waals surface area contributed by atoms with Crippen LogP contribution >= 0.6 is 0 Å². The van der Waals surface area contributed by atoms with Crippen molar-refractivity contribution >= 4 is 11.4 Å². The molecule has 0 aromatic heterocycles. The first-order chi connectivity index (χ1) is 16.0. The van der Waals surface area contributed by atoms with E-state index in [0.29, 0.717) is 30.0 Å². The molecule has 2 aromatic carbocycles. The summed E-state index contributed by atoms with van der Waals surface area (Å²) >= 11 is 0. The van der Waals surface area contributed by atoms with E-state index in [0.717, 1.165) is 56.0 Å². The molecular weight excluding hydrogens is 424 g/mol. The zero-order valence-corrected chi connectivity index (χ0v) is 18.6. The maximum absolute atomic E-state index is 11.2. The highest BCUT2D eigenvalue weighted by Gasteiger charge is 2.38. The summed E-state index contributed by atoms with van der Waals surface area (Å²) in [4.78, 5) is 0. The van der Waals surface area contributed by atoms with Gasteiger partial charge in [-0.25, -0.2) is 0 Å². The van der Waals surface area contributed by atoms with Gasteiger partial charge in [0.2, 0.25) is 0 Å². The van der Waals surface area contributed by atoms with Crippen LogP contribution in [0.2, 0.25) is 0 Å². The Morgan fingerprint density at radius 2 is 1.21 bits per heavy atom. The molecule has 0 radical (unpaired) electrons. The lowest BCUT2D eigenvalue weighted by molar-refractivity contribution is 0.340. The second kappa shape index (κ2) is 9.38. The molecule has 4 saturated heterocycles. The molecule has 0 bridgehead atoms. The summed E-state index contributed by atoms with van der Waals surface area (Å²) in [7, 11) is 0. The van der Waals surface area contributed by atoms with E-state index in [4.69, 9.17) is 35.5 Å². The van der Waals surface area contributed by atoms with Crippen LogP contribution in [0.25, 0.3) is 0 Å². The fraction of sp³-hybridized carbons (Fsp3) is 0.520. The van der Waals surface area contributed by atoms with Crippen molar-refractivity contribution in [2.75, 3.05) is 37.9 Å². The SMILES string of the molecule is Nc1c(N)c(C(CC2CO2)CC2CO2)c(O)c(CC2CO2)c1CC1CO1.Oc1ccccc1. The van der Waals surface area contributed by atoms with Crippen molar-refractivity contribution in [2.45, 2.75) is 56.0 Å². The van der Waals surface area contributed by atoms with Gasteiger partial charge in [-0.1, -0.05) is 18.2 Å². The first-order valence-electron chi connectivity index (χ1n) is 11.6. The minimum absolute atomic E-state index is 0.0856. The second-order valence-electron chi connectivity index (χ2n) is 9.28. The molecule has 6 rings (SSSR count). The van der Waals surface area contributed by atoms with Gasteiger partial charge in [0.25, 0.3) is 0 Å². The zero-order chi connectivity index (χ0) is 22.9. The molecule has 4 heterocycles. The summed E-state index contributed by atoms with van der Waals surface area (Å²) in [5, 5.41) is 19.8. The monoisotopic (exact) mass is 456 g/mol. The Morgan fingerprint density at radius 3 is 1.64 bits per heavy atom. The van der Waals surface area contributed by atoms with E-state index in [2.05, 4.69) is 0 Å². The van der Waals surface area contributed by atoms with E-state index in [-0.39, 0.29) is 36.1 Å². The second-order valence-corrected chi connectivity index (χ2v) is 9.28. The van der Waals surface area contributed by atoms with Gasteiger partial charge < -0.3 is 40.6 Å². The molecule has 8 nitrogen and oxygen atoms in total.